The summed E-state index contributed by atoms with van der Waals surface area (Å²) in [6.07, 6.45) is 1.90. The van der Waals surface area contributed by atoms with Gasteiger partial charge >= 0.3 is 0 Å². The summed E-state index contributed by atoms with van der Waals surface area (Å²) < 4.78 is 2.00. The van der Waals surface area contributed by atoms with E-state index in [0.29, 0.717) is 6.54 Å². The van der Waals surface area contributed by atoms with Crippen molar-refractivity contribution in [3.05, 3.63) is 71.4 Å². The van der Waals surface area contributed by atoms with Gasteiger partial charge in [-0.15, -0.1) is 0 Å². The van der Waals surface area contributed by atoms with Gasteiger partial charge in [0.15, 0.2) is 0 Å². The maximum absolute atomic E-state index is 12.4. The minimum atomic E-state index is 0.00253. The number of amides is 1. The molecule has 0 aliphatic heterocycles. The van der Waals surface area contributed by atoms with E-state index in [-0.39, 0.29) is 5.91 Å². The third-order valence-corrected chi connectivity index (χ3v) is 5.09. The molecule has 1 aromatic heterocycles. The second-order valence-corrected chi connectivity index (χ2v) is 7.07. The Kier molecular flexibility index (Phi) is 5.26. The van der Waals surface area contributed by atoms with Gasteiger partial charge in [0, 0.05) is 42.2 Å². The molecule has 0 fully saturated rings. The molecule has 3 nitrogen and oxygen atoms in total. The SMILES string of the molecule is Cc1ccc(CSCCNC(=O)c2cn(C)c3ccccc23)cc1. The number of hydrogen-bond donors (Lipinski definition) is 1. The Balaban J connectivity index is 1.49. The zero-order valence-electron chi connectivity index (χ0n) is 14.1. The third-order valence-electron chi connectivity index (χ3n) is 4.06. The van der Waals surface area contributed by atoms with Crippen molar-refractivity contribution >= 4 is 28.6 Å². The summed E-state index contributed by atoms with van der Waals surface area (Å²) in [6, 6.07) is 16.6. The Bertz CT molecular complexity index is 836. The molecule has 4 heteroatoms. The number of nitrogens with zero attached hydrogens (tertiary/aromatic N) is 1. The Morgan fingerprint density at radius 3 is 2.67 bits per heavy atom. The van der Waals surface area contributed by atoms with Crippen LogP contribution in [0.3, 0.4) is 0 Å². The van der Waals surface area contributed by atoms with Crippen molar-refractivity contribution in [3.63, 3.8) is 0 Å². The van der Waals surface area contributed by atoms with Crippen LogP contribution >= 0.6 is 11.8 Å². The number of rotatable bonds is 6. The lowest BCUT2D eigenvalue weighted by atomic mass is 10.1. The molecule has 1 amide bonds. The van der Waals surface area contributed by atoms with Crippen LogP contribution < -0.4 is 5.32 Å². The molecule has 2 aromatic carbocycles. The Morgan fingerprint density at radius 1 is 1.12 bits per heavy atom. The van der Waals surface area contributed by atoms with Gasteiger partial charge in [0.1, 0.15) is 0 Å². The molecular weight excluding hydrogens is 316 g/mol. The Morgan fingerprint density at radius 2 is 1.88 bits per heavy atom. The molecule has 0 aliphatic carbocycles. The quantitative estimate of drug-likeness (QED) is 0.685. The zero-order valence-corrected chi connectivity index (χ0v) is 14.9. The minimum Gasteiger partial charge on any atom is -0.351 e. The highest BCUT2D eigenvalue weighted by molar-refractivity contribution is 7.98. The van der Waals surface area contributed by atoms with E-state index in [1.165, 1.54) is 11.1 Å². The van der Waals surface area contributed by atoms with Crippen LogP contribution in [0.2, 0.25) is 0 Å². The molecule has 0 saturated heterocycles. The standard InChI is InChI=1S/C20H22N2OS/c1-15-7-9-16(10-8-15)14-24-12-11-21-20(23)18-13-22(2)19-6-4-3-5-17(18)19/h3-10,13H,11-12,14H2,1-2H3,(H,21,23). The number of thioether (sulfide) groups is 1. The maximum atomic E-state index is 12.4. The van der Waals surface area contributed by atoms with E-state index in [0.717, 1.165) is 28.0 Å². The summed E-state index contributed by atoms with van der Waals surface area (Å²) >= 11 is 1.84. The second kappa shape index (κ2) is 7.58. The molecular formula is C20H22N2OS. The van der Waals surface area contributed by atoms with Crippen LogP contribution in [0.1, 0.15) is 21.5 Å². The minimum absolute atomic E-state index is 0.00253. The highest BCUT2D eigenvalue weighted by Gasteiger charge is 2.12. The second-order valence-electron chi connectivity index (χ2n) is 5.96. The number of aromatic nitrogens is 1. The van der Waals surface area contributed by atoms with Gasteiger partial charge in [0.2, 0.25) is 0 Å². The topological polar surface area (TPSA) is 34.0 Å². The highest BCUT2D eigenvalue weighted by atomic mass is 32.2. The van der Waals surface area contributed by atoms with Gasteiger partial charge < -0.3 is 9.88 Å². The average molecular weight is 338 g/mol. The molecule has 0 bridgehead atoms. The summed E-state index contributed by atoms with van der Waals surface area (Å²) in [5.74, 6) is 1.89. The van der Waals surface area contributed by atoms with Gasteiger partial charge in [-0.05, 0) is 18.6 Å². The van der Waals surface area contributed by atoms with Crippen molar-refractivity contribution < 1.29 is 4.79 Å². The van der Waals surface area contributed by atoms with Crippen LogP contribution in [0, 0.1) is 6.92 Å². The van der Waals surface area contributed by atoms with E-state index < -0.39 is 0 Å². The summed E-state index contributed by atoms with van der Waals surface area (Å²) in [7, 11) is 1.97. The molecule has 124 valence electrons. The fraction of sp³-hybridized carbons (Fsp3) is 0.250. The van der Waals surface area contributed by atoms with E-state index >= 15 is 0 Å². The van der Waals surface area contributed by atoms with Gasteiger partial charge in [-0.25, -0.2) is 0 Å². The predicted octanol–water partition coefficient (Wildman–Crippen LogP) is 4.15. The van der Waals surface area contributed by atoms with Crippen LogP contribution in [0.4, 0.5) is 0 Å². The molecule has 24 heavy (non-hydrogen) atoms. The normalized spacial score (nSPS) is 10.9. The predicted molar refractivity (Wildman–Crippen MR) is 103 cm³/mol. The van der Waals surface area contributed by atoms with E-state index in [4.69, 9.17) is 0 Å². The first-order valence-corrected chi connectivity index (χ1v) is 9.26. The lowest BCUT2D eigenvalue weighted by molar-refractivity contribution is 0.0957. The molecule has 1 heterocycles. The highest BCUT2D eigenvalue weighted by Crippen LogP contribution is 2.20. The smallest absolute Gasteiger partial charge is 0.253 e. The zero-order chi connectivity index (χ0) is 16.9. The lowest BCUT2D eigenvalue weighted by Crippen LogP contribution is -2.25. The van der Waals surface area contributed by atoms with Gasteiger partial charge in [0.05, 0.1) is 5.56 Å². The monoisotopic (exact) mass is 338 g/mol. The number of carbonyl (C=O) groups excluding carboxylic acids is 1. The summed E-state index contributed by atoms with van der Waals surface area (Å²) in [5, 5.41) is 4.03. The van der Waals surface area contributed by atoms with Crippen molar-refractivity contribution in [2.24, 2.45) is 7.05 Å². The van der Waals surface area contributed by atoms with Gasteiger partial charge in [-0.2, -0.15) is 11.8 Å². The van der Waals surface area contributed by atoms with Crippen molar-refractivity contribution in [2.75, 3.05) is 12.3 Å². The van der Waals surface area contributed by atoms with Gasteiger partial charge in [-0.1, -0.05) is 48.0 Å². The first kappa shape index (κ1) is 16.7. The van der Waals surface area contributed by atoms with Gasteiger partial charge in [0.25, 0.3) is 5.91 Å². The van der Waals surface area contributed by atoms with E-state index in [2.05, 4.69) is 36.5 Å². The number of benzene rings is 2. The maximum Gasteiger partial charge on any atom is 0.253 e. The van der Waals surface area contributed by atoms with Gasteiger partial charge in [-0.3, -0.25) is 4.79 Å². The molecule has 1 N–H and O–H groups in total. The summed E-state index contributed by atoms with van der Waals surface area (Å²) in [5.41, 5.74) is 4.44. The third kappa shape index (κ3) is 3.82. The Labute approximate surface area is 147 Å². The number of para-hydroxylation sites is 1. The van der Waals surface area contributed by atoms with E-state index in [1.807, 2.05) is 53.8 Å². The number of fused-ring (bicyclic) bond motifs is 1. The molecule has 0 spiro atoms. The van der Waals surface area contributed by atoms with Crippen LogP contribution in [0.25, 0.3) is 10.9 Å². The molecule has 0 radical (unpaired) electrons. The number of hydrogen-bond acceptors (Lipinski definition) is 2. The largest absolute Gasteiger partial charge is 0.351 e. The summed E-state index contributed by atoms with van der Waals surface area (Å²) in [6.45, 7) is 2.78. The number of nitrogens with one attached hydrogen (secondary N) is 1. The van der Waals surface area contributed by atoms with Crippen LogP contribution in [-0.2, 0) is 12.8 Å². The molecule has 0 aliphatic rings. The lowest BCUT2D eigenvalue weighted by Gasteiger charge is -2.05. The fourth-order valence-electron chi connectivity index (χ4n) is 2.73. The first-order valence-electron chi connectivity index (χ1n) is 8.10. The van der Waals surface area contributed by atoms with Crippen molar-refractivity contribution in [1.29, 1.82) is 0 Å². The average Bonchev–Trinajstić information content (AvgIpc) is 2.93. The van der Waals surface area contributed by atoms with E-state index in [9.17, 15) is 4.79 Å². The molecule has 0 atom stereocenters. The summed E-state index contributed by atoms with van der Waals surface area (Å²) in [4.78, 5) is 12.4. The number of aryl methyl sites for hydroxylation is 2. The molecule has 3 aromatic rings. The van der Waals surface area contributed by atoms with Crippen LogP contribution in [0.15, 0.2) is 54.7 Å². The van der Waals surface area contributed by atoms with Crippen LogP contribution in [-0.4, -0.2) is 22.8 Å². The van der Waals surface area contributed by atoms with E-state index in [1.54, 1.807) is 0 Å². The molecule has 3 rings (SSSR count). The molecule has 0 saturated carbocycles. The molecule has 0 unspecified atom stereocenters. The van der Waals surface area contributed by atoms with Crippen molar-refractivity contribution in [1.82, 2.24) is 9.88 Å². The van der Waals surface area contributed by atoms with Crippen molar-refractivity contribution in [3.8, 4) is 0 Å². The Hall–Kier alpha value is -2.20. The fourth-order valence-corrected chi connectivity index (χ4v) is 3.55. The number of carbonyl (C=O) groups is 1. The first-order chi connectivity index (χ1) is 11.6. The van der Waals surface area contributed by atoms with Crippen LogP contribution in [0.5, 0.6) is 0 Å². The van der Waals surface area contributed by atoms with Crippen molar-refractivity contribution in [2.45, 2.75) is 12.7 Å².